The normalized spacial score (nSPS) is 8.73. The Morgan fingerprint density at radius 1 is 1.73 bits per heavy atom. The molecule has 0 radical (unpaired) electrons. The van der Waals surface area contributed by atoms with E-state index in [9.17, 15) is 9.18 Å². The summed E-state index contributed by atoms with van der Waals surface area (Å²) < 4.78 is 12.5. The molecular weight excluding hydrogens is 147 g/mol. The number of pyridine rings is 1. The fourth-order valence-electron chi connectivity index (χ4n) is 0.605. The monoisotopic (exact) mass is 150 g/mol. The second-order valence-electron chi connectivity index (χ2n) is 1.82. The molecule has 54 valence electrons. The zero-order valence-electron chi connectivity index (χ0n) is 5.41. The van der Waals surface area contributed by atoms with Gasteiger partial charge in [-0.2, -0.15) is 5.26 Å². The van der Waals surface area contributed by atoms with E-state index in [0.29, 0.717) is 6.29 Å². The largest absolute Gasteiger partial charge is 0.296 e. The Balaban J connectivity index is 3.25. The average molecular weight is 150 g/mol. The highest BCUT2D eigenvalue weighted by Gasteiger charge is 2.01. The van der Waals surface area contributed by atoms with Gasteiger partial charge in [0, 0.05) is 0 Å². The summed E-state index contributed by atoms with van der Waals surface area (Å²) in [7, 11) is 0. The Morgan fingerprint density at radius 2 is 2.45 bits per heavy atom. The van der Waals surface area contributed by atoms with Crippen molar-refractivity contribution >= 4 is 6.29 Å². The van der Waals surface area contributed by atoms with Crippen LogP contribution in [0.2, 0.25) is 0 Å². The van der Waals surface area contributed by atoms with Crippen molar-refractivity contribution in [3.05, 3.63) is 29.3 Å². The minimum atomic E-state index is -0.710. The molecular formula is C7H3FN2O. The third-order valence-corrected chi connectivity index (χ3v) is 1.12. The molecule has 0 atom stereocenters. The second kappa shape index (κ2) is 2.88. The molecule has 0 amide bonds. The number of halogens is 1. The molecule has 0 aliphatic rings. The Labute approximate surface area is 62.1 Å². The summed E-state index contributed by atoms with van der Waals surface area (Å²) in [5, 5.41) is 8.30. The highest BCUT2D eigenvalue weighted by atomic mass is 19.1. The summed E-state index contributed by atoms with van der Waals surface area (Å²) >= 11 is 0. The van der Waals surface area contributed by atoms with Crippen LogP contribution in [0.1, 0.15) is 16.1 Å². The fourth-order valence-corrected chi connectivity index (χ4v) is 0.605. The molecule has 11 heavy (non-hydrogen) atoms. The Kier molecular flexibility index (Phi) is 1.93. The molecule has 0 saturated heterocycles. The predicted octanol–water partition coefficient (Wildman–Crippen LogP) is 0.905. The van der Waals surface area contributed by atoms with Gasteiger partial charge in [-0.15, -0.1) is 0 Å². The van der Waals surface area contributed by atoms with Crippen molar-refractivity contribution in [3.8, 4) is 6.07 Å². The van der Waals surface area contributed by atoms with Crippen molar-refractivity contribution in [2.45, 2.75) is 0 Å². The Morgan fingerprint density at radius 3 is 3.00 bits per heavy atom. The van der Waals surface area contributed by atoms with Crippen LogP contribution >= 0.6 is 0 Å². The number of aldehydes is 1. The minimum Gasteiger partial charge on any atom is -0.296 e. The van der Waals surface area contributed by atoms with Gasteiger partial charge in [0.15, 0.2) is 12.1 Å². The highest BCUT2D eigenvalue weighted by Crippen LogP contribution is 2.04. The molecule has 0 unspecified atom stereocenters. The number of hydrogen-bond acceptors (Lipinski definition) is 3. The number of carbonyl (C=O) groups excluding carboxylic acids is 1. The lowest BCUT2D eigenvalue weighted by molar-refractivity contribution is 0.111. The van der Waals surface area contributed by atoms with E-state index in [1.54, 1.807) is 6.07 Å². The van der Waals surface area contributed by atoms with Gasteiger partial charge in [0.2, 0.25) is 0 Å². The maximum atomic E-state index is 12.5. The lowest BCUT2D eigenvalue weighted by atomic mass is 10.2. The van der Waals surface area contributed by atoms with Crippen LogP contribution in [0, 0.1) is 17.1 Å². The SMILES string of the molecule is N#Cc1cc(C=O)ncc1F. The Bertz CT molecular complexity index is 330. The summed E-state index contributed by atoms with van der Waals surface area (Å²) in [4.78, 5) is 13.5. The molecule has 0 fully saturated rings. The number of nitriles is 1. The summed E-state index contributed by atoms with van der Waals surface area (Å²) in [6.45, 7) is 0. The van der Waals surface area contributed by atoms with Gasteiger partial charge < -0.3 is 0 Å². The molecule has 1 aromatic rings. The van der Waals surface area contributed by atoms with Crippen LogP contribution < -0.4 is 0 Å². The zero-order valence-corrected chi connectivity index (χ0v) is 5.41. The van der Waals surface area contributed by atoms with Crippen LogP contribution in [0.3, 0.4) is 0 Å². The molecule has 1 aromatic heterocycles. The first-order chi connectivity index (χ1) is 5.27. The van der Waals surface area contributed by atoms with Crippen LogP contribution in [0.15, 0.2) is 12.3 Å². The van der Waals surface area contributed by atoms with Crippen molar-refractivity contribution < 1.29 is 9.18 Å². The molecule has 4 heteroatoms. The predicted molar refractivity (Wildman–Crippen MR) is 34.3 cm³/mol. The van der Waals surface area contributed by atoms with Crippen LogP contribution in [0.5, 0.6) is 0 Å². The molecule has 0 aromatic carbocycles. The van der Waals surface area contributed by atoms with Gasteiger partial charge in [-0.3, -0.25) is 9.78 Å². The Hall–Kier alpha value is -1.76. The highest BCUT2D eigenvalue weighted by molar-refractivity contribution is 5.72. The van der Waals surface area contributed by atoms with Crippen molar-refractivity contribution in [3.63, 3.8) is 0 Å². The van der Waals surface area contributed by atoms with Gasteiger partial charge in [-0.1, -0.05) is 0 Å². The number of hydrogen-bond donors (Lipinski definition) is 0. The second-order valence-corrected chi connectivity index (χ2v) is 1.82. The molecule has 3 nitrogen and oxygen atoms in total. The molecule has 0 aliphatic carbocycles. The first kappa shape index (κ1) is 7.35. The molecule has 1 rings (SSSR count). The van der Waals surface area contributed by atoms with E-state index in [1.807, 2.05) is 0 Å². The average Bonchev–Trinajstić information content (AvgIpc) is 2.05. The quantitative estimate of drug-likeness (QED) is 0.559. The van der Waals surface area contributed by atoms with Crippen molar-refractivity contribution in [2.24, 2.45) is 0 Å². The van der Waals surface area contributed by atoms with Gasteiger partial charge in [0.1, 0.15) is 11.8 Å². The first-order valence-corrected chi connectivity index (χ1v) is 2.78. The maximum absolute atomic E-state index is 12.5. The van der Waals surface area contributed by atoms with Gasteiger partial charge in [-0.05, 0) is 6.07 Å². The summed E-state index contributed by atoms with van der Waals surface area (Å²) in [5.41, 5.74) is -0.106. The van der Waals surface area contributed by atoms with Crippen molar-refractivity contribution in [1.82, 2.24) is 4.98 Å². The third-order valence-electron chi connectivity index (χ3n) is 1.12. The van der Waals surface area contributed by atoms with E-state index in [2.05, 4.69) is 4.98 Å². The summed E-state index contributed by atoms with van der Waals surface area (Å²) in [6, 6.07) is 2.70. The first-order valence-electron chi connectivity index (χ1n) is 2.78. The van der Waals surface area contributed by atoms with E-state index in [-0.39, 0.29) is 11.3 Å². The smallest absolute Gasteiger partial charge is 0.168 e. The summed E-state index contributed by atoms with van der Waals surface area (Å²) in [6.07, 6.45) is 1.31. The molecule has 0 N–H and O–H groups in total. The van der Waals surface area contributed by atoms with E-state index < -0.39 is 5.82 Å². The van der Waals surface area contributed by atoms with Gasteiger partial charge >= 0.3 is 0 Å². The van der Waals surface area contributed by atoms with E-state index in [4.69, 9.17) is 5.26 Å². The molecule has 0 aliphatic heterocycles. The molecule has 1 heterocycles. The van der Waals surface area contributed by atoms with Gasteiger partial charge in [0.25, 0.3) is 0 Å². The van der Waals surface area contributed by atoms with Gasteiger partial charge in [0.05, 0.1) is 11.8 Å². The fraction of sp³-hybridized carbons (Fsp3) is 0. The number of carbonyl (C=O) groups is 1. The molecule has 0 spiro atoms. The lowest BCUT2D eigenvalue weighted by Crippen LogP contribution is -1.91. The van der Waals surface area contributed by atoms with Gasteiger partial charge in [-0.25, -0.2) is 4.39 Å². The maximum Gasteiger partial charge on any atom is 0.168 e. The van der Waals surface area contributed by atoms with Crippen molar-refractivity contribution in [2.75, 3.05) is 0 Å². The van der Waals surface area contributed by atoms with E-state index in [0.717, 1.165) is 12.3 Å². The van der Waals surface area contributed by atoms with Crippen LogP contribution in [-0.2, 0) is 0 Å². The van der Waals surface area contributed by atoms with E-state index in [1.165, 1.54) is 0 Å². The van der Waals surface area contributed by atoms with Crippen LogP contribution in [0.25, 0.3) is 0 Å². The molecule has 0 saturated carbocycles. The van der Waals surface area contributed by atoms with Crippen LogP contribution in [0.4, 0.5) is 4.39 Å². The third kappa shape index (κ3) is 1.38. The summed E-state index contributed by atoms with van der Waals surface area (Å²) in [5.74, 6) is -0.710. The molecule has 0 bridgehead atoms. The minimum absolute atomic E-state index is 0.0583. The number of aromatic nitrogens is 1. The van der Waals surface area contributed by atoms with Crippen molar-refractivity contribution in [1.29, 1.82) is 5.26 Å². The topological polar surface area (TPSA) is 53.8 Å². The number of rotatable bonds is 1. The van der Waals surface area contributed by atoms with Crippen LogP contribution in [-0.4, -0.2) is 11.3 Å². The lowest BCUT2D eigenvalue weighted by Gasteiger charge is -1.91. The van der Waals surface area contributed by atoms with E-state index >= 15 is 0 Å². The standard InChI is InChI=1S/C7H3FN2O/c8-7-3-10-6(4-11)1-5(7)2-9/h1,3-4H. The zero-order chi connectivity index (χ0) is 8.27. The number of nitrogens with zero attached hydrogens (tertiary/aromatic N) is 2.